The van der Waals surface area contributed by atoms with E-state index < -0.39 is 0 Å². The number of nitrogens with one attached hydrogen (secondary N) is 2. The molecule has 8 heteroatoms. The third-order valence-corrected chi connectivity index (χ3v) is 4.15. The Morgan fingerprint density at radius 2 is 1.96 bits per heavy atom. The van der Waals surface area contributed by atoms with E-state index in [1.807, 2.05) is 19.9 Å². The van der Waals surface area contributed by atoms with Gasteiger partial charge in [-0.1, -0.05) is 6.07 Å². The van der Waals surface area contributed by atoms with Crippen LogP contribution in [-0.2, 0) is 0 Å². The van der Waals surface area contributed by atoms with E-state index >= 15 is 0 Å². The normalized spacial score (nSPS) is 14.3. The molecule has 3 rings (SSSR count). The van der Waals surface area contributed by atoms with Crippen molar-refractivity contribution >= 4 is 23.4 Å². The lowest BCUT2D eigenvalue weighted by Gasteiger charge is -2.35. The van der Waals surface area contributed by atoms with Gasteiger partial charge in [0.2, 0.25) is 0 Å². The van der Waals surface area contributed by atoms with Gasteiger partial charge in [0.25, 0.3) is 0 Å². The molecule has 0 atom stereocenters. The van der Waals surface area contributed by atoms with E-state index in [0.717, 1.165) is 18.2 Å². The molecule has 1 saturated heterocycles. The van der Waals surface area contributed by atoms with E-state index in [-0.39, 0.29) is 11.8 Å². The summed E-state index contributed by atoms with van der Waals surface area (Å²) in [6, 6.07) is 7.60. The summed E-state index contributed by atoms with van der Waals surface area (Å²) in [4.78, 5) is 25.1. The summed E-state index contributed by atoms with van der Waals surface area (Å²) in [5, 5.41) is 5.94. The van der Waals surface area contributed by atoms with E-state index in [9.17, 15) is 9.18 Å². The van der Waals surface area contributed by atoms with Crippen molar-refractivity contribution < 1.29 is 9.18 Å². The third kappa shape index (κ3) is 4.38. The summed E-state index contributed by atoms with van der Waals surface area (Å²) >= 11 is 0. The number of carbonyl (C=O) groups is 1. The molecule has 1 aromatic carbocycles. The van der Waals surface area contributed by atoms with Gasteiger partial charge in [0, 0.05) is 44.5 Å². The van der Waals surface area contributed by atoms with E-state index in [0.29, 0.717) is 37.7 Å². The number of nitrogens with zero attached hydrogens (tertiary/aromatic N) is 4. The molecule has 0 spiro atoms. The Hall–Kier alpha value is -2.90. The molecule has 0 unspecified atom stereocenters. The van der Waals surface area contributed by atoms with Gasteiger partial charge in [-0.05, 0) is 32.0 Å². The van der Waals surface area contributed by atoms with Gasteiger partial charge in [-0.15, -0.1) is 0 Å². The highest BCUT2D eigenvalue weighted by molar-refractivity contribution is 5.89. The zero-order chi connectivity index (χ0) is 18.5. The zero-order valence-corrected chi connectivity index (χ0v) is 15.0. The van der Waals surface area contributed by atoms with Crippen LogP contribution >= 0.6 is 0 Å². The van der Waals surface area contributed by atoms with Crippen LogP contribution in [0.5, 0.6) is 0 Å². The number of benzene rings is 1. The van der Waals surface area contributed by atoms with Crippen LogP contribution in [-0.4, -0.2) is 53.6 Å². The highest BCUT2D eigenvalue weighted by atomic mass is 19.1. The second kappa shape index (κ2) is 7.99. The third-order valence-electron chi connectivity index (χ3n) is 4.15. The minimum Gasteiger partial charge on any atom is -0.370 e. The first-order valence-corrected chi connectivity index (χ1v) is 8.71. The summed E-state index contributed by atoms with van der Waals surface area (Å²) in [6.07, 6.45) is 0. The molecule has 1 fully saturated rings. The molecule has 138 valence electrons. The van der Waals surface area contributed by atoms with Crippen LogP contribution in [0.4, 0.5) is 26.5 Å². The first-order chi connectivity index (χ1) is 12.5. The van der Waals surface area contributed by atoms with Crippen molar-refractivity contribution in [2.75, 3.05) is 48.3 Å². The van der Waals surface area contributed by atoms with Crippen LogP contribution in [0.2, 0.25) is 0 Å². The highest BCUT2D eigenvalue weighted by Crippen LogP contribution is 2.18. The molecule has 7 nitrogen and oxygen atoms in total. The quantitative estimate of drug-likeness (QED) is 0.879. The molecular formula is C18H23FN6O. The van der Waals surface area contributed by atoms with Crippen LogP contribution < -0.4 is 15.5 Å². The van der Waals surface area contributed by atoms with E-state index in [1.54, 1.807) is 17.0 Å². The Labute approximate surface area is 152 Å². The average molecular weight is 358 g/mol. The van der Waals surface area contributed by atoms with Gasteiger partial charge in [-0.3, -0.25) is 0 Å². The second-order valence-corrected chi connectivity index (χ2v) is 6.10. The fourth-order valence-corrected chi connectivity index (χ4v) is 2.89. The maximum atomic E-state index is 13.2. The van der Waals surface area contributed by atoms with Gasteiger partial charge in [0.15, 0.2) is 0 Å². The maximum absolute atomic E-state index is 13.2. The minimum absolute atomic E-state index is 0.220. The number of halogens is 1. The van der Waals surface area contributed by atoms with Crippen LogP contribution in [0.1, 0.15) is 12.7 Å². The number of hydrogen-bond acceptors (Lipinski definition) is 5. The lowest BCUT2D eigenvalue weighted by atomic mass is 10.3. The number of amides is 2. The molecule has 0 saturated carbocycles. The molecule has 1 aliphatic heterocycles. The van der Waals surface area contributed by atoms with Gasteiger partial charge in [0.05, 0.1) is 0 Å². The number of carbonyl (C=O) groups excluding carboxylic acids is 1. The summed E-state index contributed by atoms with van der Waals surface area (Å²) in [5.41, 5.74) is 0.458. The SMILES string of the molecule is CCNc1cc(N2CCN(C(=O)Nc3cccc(F)c3)CC2)nc(C)n1. The summed E-state index contributed by atoms with van der Waals surface area (Å²) in [6.45, 7) is 7.18. The Kier molecular flexibility index (Phi) is 5.50. The number of piperazine rings is 1. The molecule has 2 aromatic rings. The molecule has 26 heavy (non-hydrogen) atoms. The number of rotatable bonds is 4. The number of urea groups is 1. The first-order valence-electron chi connectivity index (χ1n) is 8.71. The number of anilines is 3. The Morgan fingerprint density at radius 1 is 1.19 bits per heavy atom. The number of aryl methyl sites for hydroxylation is 1. The fourth-order valence-electron chi connectivity index (χ4n) is 2.89. The van der Waals surface area contributed by atoms with Crippen molar-refractivity contribution in [3.63, 3.8) is 0 Å². The van der Waals surface area contributed by atoms with Crippen molar-refractivity contribution in [1.29, 1.82) is 0 Å². The standard InChI is InChI=1S/C18H23FN6O/c1-3-20-16-12-17(22-13(2)21-16)24-7-9-25(10-8-24)18(26)23-15-6-4-5-14(19)11-15/h4-6,11-12H,3,7-10H2,1-2H3,(H,23,26)(H,20,21,22). The lowest BCUT2D eigenvalue weighted by molar-refractivity contribution is 0.208. The van der Waals surface area contributed by atoms with E-state index in [2.05, 4.69) is 25.5 Å². The first kappa shape index (κ1) is 17.9. The van der Waals surface area contributed by atoms with Gasteiger partial charge >= 0.3 is 6.03 Å². The Balaban J connectivity index is 1.59. The van der Waals surface area contributed by atoms with Crippen LogP contribution in [0.15, 0.2) is 30.3 Å². The molecule has 0 radical (unpaired) electrons. The molecule has 1 aromatic heterocycles. The van der Waals surface area contributed by atoms with Gasteiger partial charge in [-0.25, -0.2) is 19.2 Å². The molecule has 0 aliphatic carbocycles. The second-order valence-electron chi connectivity index (χ2n) is 6.10. The van der Waals surface area contributed by atoms with Crippen LogP contribution in [0.25, 0.3) is 0 Å². The van der Waals surface area contributed by atoms with Crippen molar-refractivity contribution in [2.24, 2.45) is 0 Å². The molecule has 2 heterocycles. The smallest absolute Gasteiger partial charge is 0.321 e. The molecule has 2 N–H and O–H groups in total. The summed E-state index contributed by atoms with van der Waals surface area (Å²) in [5.74, 6) is 2.01. The molecule has 2 amide bonds. The monoisotopic (exact) mass is 358 g/mol. The van der Waals surface area contributed by atoms with E-state index in [4.69, 9.17) is 0 Å². The molecular weight excluding hydrogens is 335 g/mol. The molecule has 0 bridgehead atoms. The van der Waals surface area contributed by atoms with Crippen LogP contribution in [0.3, 0.4) is 0 Å². The van der Waals surface area contributed by atoms with Crippen molar-refractivity contribution in [1.82, 2.24) is 14.9 Å². The maximum Gasteiger partial charge on any atom is 0.321 e. The van der Waals surface area contributed by atoms with E-state index in [1.165, 1.54) is 12.1 Å². The summed E-state index contributed by atoms with van der Waals surface area (Å²) in [7, 11) is 0. The van der Waals surface area contributed by atoms with Crippen LogP contribution in [0, 0.1) is 12.7 Å². The predicted octanol–water partition coefficient (Wildman–Crippen LogP) is 2.71. The number of hydrogen-bond donors (Lipinski definition) is 2. The van der Waals surface area contributed by atoms with Crippen molar-refractivity contribution in [2.45, 2.75) is 13.8 Å². The van der Waals surface area contributed by atoms with Crippen molar-refractivity contribution in [3.05, 3.63) is 42.0 Å². The van der Waals surface area contributed by atoms with Gasteiger partial charge < -0.3 is 20.4 Å². The minimum atomic E-state index is -0.372. The average Bonchev–Trinajstić information content (AvgIpc) is 2.62. The topological polar surface area (TPSA) is 73.4 Å². The largest absolute Gasteiger partial charge is 0.370 e. The Bertz CT molecular complexity index is 776. The summed E-state index contributed by atoms with van der Waals surface area (Å²) < 4.78 is 13.2. The Morgan fingerprint density at radius 3 is 2.65 bits per heavy atom. The van der Waals surface area contributed by atoms with Gasteiger partial charge in [-0.2, -0.15) is 0 Å². The number of aromatic nitrogens is 2. The van der Waals surface area contributed by atoms with Gasteiger partial charge in [0.1, 0.15) is 23.3 Å². The molecule has 1 aliphatic rings. The lowest BCUT2D eigenvalue weighted by Crippen LogP contribution is -2.50. The van der Waals surface area contributed by atoms with Crippen molar-refractivity contribution in [3.8, 4) is 0 Å². The highest BCUT2D eigenvalue weighted by Gasteiger charge is 2.22. The predicted molar refractivity (Wildman–Crippen MR) is 100 cm³/mol. The fraction of sp³-hybridized carbons (Fsp3) is 0.389. The zero-order valence-electron chi connectivity index (χ0n) is 15.0.